The molecule has 446 valence electrons. The maximum absolute atomic E-state index is 12.8. The van der Waals surface area contributed by atoms with Gasteiger partial charge in [0, 0.05) is 12.8 Å². The van der Waals surface area contributed by atoms with E-state index in [-0.39, 0.29) is 25.6 Å². The summed E-state index contributed by atoms with van der Waals surface area (Å²) in [5.74, 6) is -0.774. The molecule has 0 aromatic rings. The van der Waals surface area contributed by atoms with E-state index < -0.39 is 26.5 Å². The molecule has 0 amide bonds. The highest BCUT2D eigenvalue weighted by Crippen LogP contribution is 2.43. The number of carbonyl (C=O) groups excluding carboxylic acids is 2. The Kier molecular flexibility index (Phi) is 56.5. The lowest BCUT2D eigenvalue weighted by molar-refractivity contribution is -0.870. The molecule has 2 unspecified atom stereocenters. The summed E-state index contributed by atoms with van der Waals surface area (Å²) >= 11 is 0. The van der Waals surface area contributed by atoms with Crippen molar-refractivity contribution in [2.45, 2.75) is 347 Å². The number of phosphoric ester groups is 1. The molecule has 0 aliphatic rings. The van der Waals surface area contributed by atoms with Gasteiger partial charge in [-0.2, -0.15) is 0 Å². The van der Waals surface area contributed by atoms with Crippen LogP contribution >= 0.6 is 7.82 Å². The smallest absolute Gasteiger partial charge is 0.462 e. The summed E-state index contributed by atoms with van der Waals surface area (Å²) in [4.78, 5) is 35.7. The number of quaternary nitrogens is 1. The Morgan fingerprint density at radius 2 is 0.680 bits per heavy atom. The zero-order valence-corrected chi connectivity index (χ0v) is 51.7. The summed E-state index contributed by atoms with van der Waals surface area (Å²) in [7, 11) is 1.50. The summed E-state index contributed by atoms with van der Waals surface area (Å²) in [6.45, 7) is 4.50. The van der Waals surface area contributed by atoms with Crippen LogP contribution in [0.5, 0.6) is 0 Å². The van der Waals surface area contributed by atoms with Crippen LogP contribution in [0, 0.1) is 0 Å². The maximum Gasteiger partial charge on any atom is 0.472 e. The molecule has 0 bridgehead atoms. The number of hydrogen-bond donors (Lipinski definition) is 1. The summed E-state index contributed by atoms with van der Waals surface area (Å²) in [5.41, 5.74) is 0. The lowest BCUT2D eigenvalue weighted by Crippen LogP contribution is -2.37. The molecule has 0 aliphatic heterocycles. The van der Waals surface area contributed by atoms with Crippen LogP contribution in [0.2, 0.25) is 0 Å². The third-order valence-corrected chi connectivity index (χ3v) is 16.0. The molecule has 0 saturated heterocycles. The van der Waals surface area contributed by atoms with E-state index in [0.29, 0.717) is 17.4 Å². The van der Waals surface area contributed by atoms with Gasteiger partial charge in [0.25, 0.3) is 0 Å². The van der Waals surface area contributed by atoms with Gasteiger partial charge in [0.1, 0.15) is 19.8 Å². The quantitative estimate of drug-likeness (QED) is 0.0211. The molecular formula is C65H129NO8P+. The van der Waals surface area contributed by atoms with E-state index in [1.165, 1.54) is 276 Å². The van der Waals surface area contributed by atoms with E-state index in [4.69, 9.17) is 18.5 Å². The highest BCUT2D eigenvalue weighted by atomic mass is 31.2. The van der Waals surface area contributed by atoms with Crippen LogP contribution in [-0.2, 0) is 32.7 Å². The van der Waals surface area contributed by atoms with Crippen LogP contribution in [0.1, 0.15) is 341 Å². The van der Waals surface area contributed by atoms with Crippen molar-refractivity contribution < 1.29 is 42.1 Å². The molecule has 1 N–H and O–H groups in total. The highest BCUT2D eigenvalue weighted by Gasteiger charge is 2.27. The normalized spacial score (nSPS) is 13.2. The first-order valence-corrected chi connectivity index (χ1v) is 34.4. The molecular weight excluding hydrogens is 954 g/mol. The third kappa shape index (κ3) is 61.8. The largest absolute Gasteiger partial charge is 0.472 e. The second-order valence-electron chi connectivity index (χ2n) is 23.9. The predicted molar refractivity (Wildman–Crippen MR) is 321 cm³/mol. The summed E-state index contributed by atoms with van der Waals surface area (Å²) in [6, 6.07) is 0. The summed E-state index contributed by atoms with van der Waals surface area (Å²) in [6.07, 6.45) is 68.9. The molecule has 2 atom stereocenters. The minimum Gasteiger partial charge on any atom is -0.462 e. The van der Waals surface area contributed by atoms with Gasteiger partial charge in [0.05, 0.1) is 27.7 Å². The highest BCUT2D eigenvalue weighted by molar-refractivity contribution is 7.47. The first kappa shape index (κ1) is 73.8. The van der Waals surface area contributed by atoms with E-state index in [2.05, 4.69) is 26.0 Å². The fraction of sp³-hybridized carbons (Fsp3) is 0.938. The Morgan fingerprint density at radius 1 is 0.400 bits per heavy atom. The zero-order valence-electron chi connectivity index (χ0n) is 50.8. The number of phosphoric acid groups is 1. The van der Waals surface area contributed by atoms with Crippen molar-refractivity contribution in [1.29, 1.82) is 0 Å². The average Bonchev–Trinajstić information content (AvgIpc) is 3.37. The molecule has 0 aliphatic carbocycles. The second-order valence-corrected chi connectivity index (χ2v) is 25.3. The van der Waals surface area contributed by atoms with E-state index in [1.807, 2.05) is 21.1 Å². The number of likely N-dealkylation sites (N-methyl/N-ethyl adjacent to an activating group) is 1. The Labute approximate surface area is 466 Å². The van der Waals surface area contributed by atoms with Crippen molar-refractivity contribution in [2.75, 3.05) is 47.5 Å². The van der Waals surface area contributed by atoms with E-state index in [1.54, 1.807) is 0 Å². The standard InChI is InChI=1S/C65H128NO8P/c1-6-8-10-12-14-16-18-20-22-24-25-26-27-28-29-30-31-32-33-34-35-36-37-38-39-40-41-42-44-46-48-50-52-54-56-58-65(68)74-63(62-73-75(69,70)72-60-59-66(3,4)5)61-71-64(67)57-55-53-51-49-47-45-43-23-21-19-17-15-13-11-9-7-2/h24-25,63H,6-23,26-62H2,1-5H3/p+1/b25-24-. The number of nitrogens with zero attached hydrogens (tertiary/aromatic N) is 1. The number of rotatable bonds is 62. The van der Waals surface area contributed by atoms with Crippen molar-refractivity contribution in [3.63, 3.8) is 0 Å². The van der Waals surface area contributed by atoms with Crippen molar-refractivity contribution >= 4 is 19.8 Å². The first-order chi connectivity index (χ1) is 36.5. The molecule has 75 heavy (non-hydrogen) atoms. The molecule has 0 aromatic heterocycles. The van der Waals surface area contributed by atoms with Crippen LogP contribution in [-0.4, -0.2) is 74.9 Å². The number of hydrogen-bond acceptors (Lipinski definition) is 7. The Balaban J connectivity index is 3.92. The molecule has 0 rings (SSSR count). The Hall–Kier alpha value is -1.25. The van der Waals surface area contributed by atoms with Crippen LogP contribution in [0.4, 0.5) is 0 Å². The zero-order chi connectivity index (χ0) is 54.9. The molecule has 10 heteroatoms. The molecule has 0 radical (unpaired) electrons. The third-order valence-electron chi connectivity index (χ3n) is 15.0. The van der Waals surface area contributed by atoms with Crippen LogP contribution < -0.4 is 0 Å². The van der Waals surface area contributed by atoms with Crippen molar-refractivity contribution in [1.82, 2.24) is 0 Å². The van der Waals surface area contributed by atoms with Gasteiger partial charge < -0.3 is 18.9 Å². The van der Waals surface area contributed by atoms with Crippen molar-refractivity contribution in [3.8, 4) is 0 Å². The average molecular weight is 1080 g/mol. The molecule has 9 nitrogen and oxygen atoms in total. The number of unbranched alkanes of at least 4 members (excludes halogenated alkanes) is 46. The van der Waals surface area contributed by atoms with E-state index >= 15 is 0 Å². The van der Waals surface area contributed by atoms with Gasteiger partial charge in [-0.1, -0.05) is 302 Å². The number of esters is 2. The molecule has 0 spiro atoms. The first-order valence-electron chi connectivity index (χ1n) is 32.9. The Bertz CT molecular complexity index is 1270. The minimum atomic E-state index is -4.38. The minimum absolute atomic E-state index is 0.0366. The van der Waals surface area contributed by atoms with Gasteiger partial charge in [-0.15, -0.1) is 0 Å². The molecule has 0 saturated carbocycles. The van der Waals surface area contributed by atoms with E-state index in [9.17, 15) is 19.0 Å². The number of carbonyl (C=O) groups is 2. The second kappa shape index (κ2) is 57.4. The number of ether oxygens (including phenoxy) is 2. The lowest BCUT2D eigenvalue weighted by Gasteiger charge is -2.24. The van der Waals surface area contributed by atoms with Gasteiger partial charge in [0.2, 0.25) is 0 Å². The monoisotopic (exact) mass is 1080 g/mol. The maximum atomic E-state index is 12.8. The predicted octanol–water partition coefficient (Wildman–Crippen LogP) is 20.8. The SMILES string of the molecule is CCCCCCCCCC/C=C\CCCCCCCCCCCCCCCCCCCCCCCCCC(=O)OC(COC(=O)CCCCCCCCCCCCCCCCCC)COP(=O)(O)OCC[N+](C)(C)C. The van der Waals surface area contributed by atoms with Gasteiger partial charge in [-0.25, -0.2) is 4.57 Å². The fourth-order valence-corrected chi connectivity index (χ4v) is 10.7. The summed E-state index contributed by atoms with van der Waals surface area (Å²) < 4.78 is 34.6. The fourth-order valence-electron chi connectivity index (χ4n) is 9.96. The van der Waals surface area contributed by atoms with Crippen LogP contribution in [0.25, 0.3) is 0 Å². The molecule has 0 aromatic carbocycles. The van der Waals surface area contributed by atoms with Crippen LogP contribution in [0.15, 0.2) is 12.2 Å². The van der Waals surface area contributed by atoms with Gasteiger partial charge in [-0.3, -0.25) is 18.6 Å². The van der Waals surface area contributed by atoms with Crippen molar-refractivity contribution in [2.24, 2.45) is 0 Å². The Morgan fingerprint density at radius 3 is 0.987 bits per heavy atom. The molecule has 0 heterocycles. The topological polar surface area (TPSA) is 108 Å². The van der Waals surface area contributed by atoms with E-state index in [0.717, 1.165) is 38.5 Å². The lowest BCUT2D eigenvalue weighted by atomic mass is 10.0. The van der Waals surface area contributed by atoms with Crippen LogP contribution in [0.3, 0.4) is 0 Å². The van der Waals surface area contributed by atoms with Crippen molar-refractivity contribution in [3.05, 3.63) is 12.2 Å². The molecule has 0 fully saturated rings. The van der Waals surface area contributed by atoms with Gasteiger partial charge >= 0.3 is 19.8 Å². The van der Waals surface area contributed by atoms with Gasteiger partial charge in [-0.05, 0) is 38.5 Å². The number of allylic oxidation sites excluding steroid dienone is 2. The van der Waals surface area contributed by atoms with Gasteiger partial charge in [0.15, 0.2) is 6.10 Å². The summed E-state index contributed by atoms with van der Waals surface area (Å²) in [5, 5.41) is 0.